The van der Waals surface area contributed by atoms with Crippen LogP contribution in [0.15, 0.2) is 36.5 Å². The number of hydrogen-bond donors (Lipinski definition) is 2. The first-order chi connectivity index (χ1) is 14.8. The molecule has 0 saturated carbocycles. The lowest BCUT2D eigenvalue weighted by atomic mass is 9.89. The topological polar surface area (TPSA) is 71.3 Å². The first kappa shape index (κ1) is 21.4. The third kappa shape index (κ3) is 4.33. The normalized spacial score (nSPS) is 15.8. The van der Waals surface area contributed by atoms with Crippen LogP contribution in [0.3, 0.4) is 0 Å². The van der Waals surface area contributed by atoms with Gasteiger partial charge in [0.05, 0.1) is 7.11 Å². The van der Waals surface area contributed by atoms with Crippen molar-refractivity contribution >= 4 is 16.8 Å². The van der Waals surface area contributed by atoms with Crippen LogP contribution in [0.1, 0.15) is 52.4 Å². The molecular formula is C26H33N3O2. The first-order valence-electron chi connectivity index (χ1n) is 11.1. The molecular weight excluding hydrogens is 386 g/mol. The number of ether oxygens (including phenoxy) is 1. The second kappa shape index (κ2) is 8.39. The number of H-pyrrole nitrogens is 1. The van der Waals surface area contributed by atoms with Gasteiger partial charge in [0.15, 0.2) is 0 Å². The van der Waals surface area contributed by atoms with Gasteiger partial charge in [0.1, 0.15) is 5.75 Å². The highest BCUT2D eigenvalue weighted by atomic mass is 16.5. The number of rotatable bonds is 7. The summed E-state index contributed by atoms with van der Waals surface area (Å²) >= 11 is 0. The van der Waals surface area contributed by atoms with Gasteiger partial charge in [-0.2, -0.15) is 0 Å². The summed E-state index contributed by atoms with van der Waals surface area (Å²) < 4.78 is 5.37. The van der Waals surface area contributed by atoms with Gasteiger partial charge in [-0.15, -0.1) is 0 Å². The average Bonchev–Trinajstić information content (AvgIpc) is 3.16. The molecule has 0 radical (unpaired) electrons. The highest BCUT2D eigenvalue weighted by molar-refractivity contribution is 5.97. The van der Waals surface area contributed by atoms with Crippen molar-refractivity contribution < 1.29 is 9.53 Å². The quantitative estimate of drug-likeness (QED) is 0.591. The van der Waals surface area contributed by atoms with Crippen molar-refractivity contribution in [2.24, 2.45) is 5.73 Å². The number of aryl methyl sites for hydroxylation is 2. The Labute approximate surface area is 184 Å². The third-order valence-electron chi connectivity index (χ3n) is 6.91. The van der Waals surface area contributed by atoms with Crippen LogP contribution >= 0.6 is 0 Å². The van der Waals surface area contributed by atoms with Crippen LogP contribution in [0.2, 0.25) is 0 Å². The maximum atomic E-state index is 13.0. The number of amides is 1. The van der Waals surface area contributed by atoms with Crippen molar-refractivity contribution in [1.82, 2.24) is 9.88 Å². The second-order valence-electron chi connectivity index (χ2n) is 9.21. The molecule has 31 heavy (non-hydrogen) atoms. The highest BCUT2D eigenvalue weighted by Crippen LogP contribution is 2.28. The fourth-order valence-electron chi connectivity index (χ4n) is 4.56. The minimum atomic E-state index is -0.341. The molecule has 0 bridgehead atoms. The van der Waals surface area contributed by atoms with Gasteiger partial charge in [-0.25, -0.2) is 0 Å². The zero-order chi connectivity index (χ0) is 22.2. The van der Waals surface area contributed by atoms with Crippen LogP contribution in [-0.4, -0.2) is 41.5 Å². The Morgan fingerprint density at radius 1 is 1.19 bits per heavy atom. The van der Waals surface area contributed by atoms with E-state index in [0.29, 0.717) is 6.54 Å². The molecule has 0 saturated heterocycles. The first-order valence-corrected chi connectivity index (χ1v) is 11.1. The molecule has 2 aromatic carbocycles. The smallest absolute Gasteiger partial charge is 0.254 e. The SMILES string of the molecule is COc1ccc2[nH]cc(CCC(C)(N)CCN3CCc4c(ccc(C)c4C)C3=O)c2c1. The van der Waals surface area contributed by atoms with Crippen molar-refractivity contribution in [3.63, 3.8) is 0 Å². The molecule has 0 aliphatic carbocycles. The fourth-order valence-corrected chi connectivity index (χ4v) is 4.56. The summed E-state index contributed by atoms with van der Waals surface area (Å²) in [7, 11) is 1.69. The molecule has 1 unspecified atom stereocenters. The maximum Gasteiger partial charge on any atom is 0.254 e. The number of aromatic nitrogens is 1. The molecule has 3 N–H and O–H groups in total. The highest BCUT2D eigenvalue weighted by Gasteiger charge is 2.28. The predicted octanol–water partition coefficient (Wildman–Crippen LogP) is 4.53. The third-order valence-corrected chi connectivity index (χ3v) is 6.91. The predicted molar refractivity (Wildman–Crippen MR) is 126 cm³/mol. The fraction of sp³-hybridized carbons (Fsp3) is 0.423. The van der Waals surface area contributed by atoms with E-state index in [4.69, 9.17) is 10.5 Å². The number of nitrogens with zero attached hydrogens (tertiary/aromatic N) is 1. The zero-order valence-corrected chi connectivity index (χ0v) is 19.0. The number of fused-ring (bicyclic) bond motifs is 2. The van der Waals surface area contributed by atoms with E-state index in [1.165, 1.54) is 27.6 Å². The lowest BCUT2D eigenvalue weighted by molar-refractivity contribution is 0.0726. The summed E-state index contributed by atoms with van der Waals surface area (Å²) in [5.41, 5.74) is 13.3. The molecule has 0 fully saturated rings. The Kier molecular flexibility index (Phi) is 5.80. The maximum absolute atomic E-state index is 13.0. The summed E-state index contributed by atoms with van der Waals surface area (Å²) in [5, 5.41) is 1.18. The number of methoxy groups -OCH3 is 1. The molecule has 5 heteroatoms. The average molecular weight is 420 g/mol. The van der Waals surface area contributed by atoms with Crippen LogP contribution in [0.4, 0.5) is 0 Å². The van der Waals surface area contributed by atoms with Crippen molar-refractivity contribution in [3.05, 3.63) is 64.3 Å². The molecule has 1 aromatic heterocycles. The van der Waals surface area contributed by atoms with Gasteiger partial charge in [0.25, 0.3) is 5.91 Å². The van der Waals surface area contributed by atoms with Gasteiger partial charge in [-0.3, -0.25) is 4.79 Å². The monoisotopic (exact) mass is 419 g/mol. The summed E-state index contributed by atoms with van der Waals surface area (Å²) in [6, 6.07) is 10.1. The molecule has 5 nitrogen and oxygen atoms in total. The summed E-state index contributed by atoms with van der Waals surface area (Å²) in [6.07, 6.45) is 5.51. The Balaban J connectivity index is 1.38. The van der Waals surface area contributed by atoms with Gasteiger partial charge >= 0.3 is 0 Å². The Hall–Kier alpha value is -2.79. The number of carbonyl (C=O) groups is 1. The minimum Gasteiger partial charge on any atom is -0.497 e. The van der Waals surface area contributed by atoms with Crippen LogP contribution in [0.5, 0.6) is 5.75 Å². The van der Waals surface area contributed by atoms with Crippen LogP contribution in [0.25, 0.3) is 10.9 Å². The van der Waals surface area contributed by atoms with Crippen LogP contribution in [-0.2, 0) is 12.8 Å². The largest absolute Gasteiger partial charge is 0.497 e. The molecule has 0 spiro atoms. The standard InChI is InChI=1S/C26H33N3O2/c1-17-5-7-22-21(18(17)2)10-13-29(25(22)30)14-12-26(3,27)11-9-19-16-28-24-8-6-20(31-4)15-23(19)24/h5-8,15-16,28H,9-14,27H2,1-4H3. The van der Waals surface area contributed by atoms with E-state index in [1.54, 1.807) is 7.11 Å². The molecule has 1 aliphatic heterocycles. The van der Waals surface area contributed by atoms with Crippen LogP contribution in [0, 0.1) is 13.8 Å². The van der Waals surface area contributed by atoms with Crippen molar-refractivity contribution in [2.75, 3.05) is 20.2 Å². The van der Waals surface area contributed by atoms with E-state index in [1.807, 2.05) is 23.1 Å². The Morgan fingerprint density at radius 2 is 2.00 bits per heavy atom. The number of carbonyl (C=O) groups excluding carboxylic acids is 1. The van der Waals surface area contributed by atoms with Gasteiger partial charge in [0.2, 0.25) is 0 Å². The molecule has 1 aliphatic rings. The number of nitrogens with two attached hydrogens (primary N) is 1. The molecule has 1 atom stereocenters. The second-order valence-corrected chi connectivity index (χ2v) is 9.21. The van der Waals surface area contributed by atoms with E-state index in [9.17, 15) is 4.79 Å². The Bertz CT molecular complexity index is 1110. The lowest BCUT2D eigenvalue weighted by Gasteiger charge is -2.33. The number of nitrogens with one attached hydrogen (secondary N) is 1. The molecule has 2 heterocycles. The number of benzene rings is 2. The number of hydrogen-bond acceptors (Lipinski definition) is 3. The summed E-state index contributed by atoms with van der Waals surface area (Å²) in [4.78, 5) is 18.3. The molecule has 4 rings (SSSR count). The molecule has 164 valence electrons. The van der Waals surface area contributed by atoms with Crippen molar-refractivity contribution in [1.29, 1.82) is 0 Å². The lowest BCUT2D eigenvalue weighted by Crippen LogP contribution is -2.44. The Morgan fingerprint density at radius 3 is 2.77 bits per heavy atom. The van der Waals surface area contributed by atoms with Crippen molar-refractivity contribution in [2.45, 2.75) is 52.0 Å². The van der Waals surface area contributed by atoms with E-state index < -0.39 is 0 Å². The number of aromatic amines is 1. The van der Waals surface area contributed by atoms with E-state index in [-0.39, 0.29) is 11.4 Å². The molecule has 1 amide bonds. The summed E-state index contributed by atoms with van der Waals surface area (Å²) in [6.45, 7) is 7.79. The minimum absolute atomic E-state index is 0.142. The van der Waals surface area contributed by atoms with Crippen molar-refractivity contribution in [3.8, 4) is 5.75 Å². The van der Waals surface area contributed by atoms with Gasteiger partial charge < -0.3 is 20.4 Å². The van der Waals surface area contributed by atoms with Gasteiger partial charge in [-0.1, -0.05) is 6.07 Å². The molecule has 3 aromatic rings. The van der Waals surface area contributed by atoms with E-state index >= 15 is 0 Å². The zero-order valence-electron chi connectivity index (χ0n) is 19.0. The summed E-state index contributed by atoms with van der Waals surface area (Å²) in [5.74, 6) is 1.00. The van der Waals surface area contributed by atoms with E-state index in [0.717, 1.165) is 49.1 Å². The van der Waals surface area contributed by atoms with Gasteiger partial charge in [-0.05, 0) is 93.0 Å². The van der Waals surface area contributed by atoms with E-state index in [2.05, 4.69) is 44.1 Å². The van der Waals surface area contributed by atoms with Gasteiger partial charge in [0, 0.05) is 41.3 Å². The van der Waals surface area contributed by atoms with Crippen LogP contribution < -0.4 is 10.5 Å².